The molecule has 0 bridgehead atoms. The summed E-state index contributed by atoms with van der Waals surface area (Å²) in [7, 11) is 4.57. The van der Waals surface area contributed by atoms with Crippen LogP contribution in [-0.4, -0.2) is 182 Å². The van der Waals surface area contributed by atoms with E-state index < -0.39 is 35.7 Å². The first kappa shape index (κ1) is 89.7. The highest BCUT2D eigenvalue weighted by atomic mass is 16.6. The molecule has 27 nitrogen and oxygen atoms in total. The summed E-state index contributed by atoms with van der Waals surface area (Å²) in [5.41, 5.74) is 4.15. The maximum atomic E-state index is 13.2. The number of hydrogen-bond donors (Lipinski definition) is 0. The topological polar surface area (TPSA) is 319 Å². The smallest absolute Gasteiger partial charge is 0.335 e. The quantitative estimate of drug-likeness (QED) is 0.00944. The molecule has 8 aromatic carbocycles. The van der Waals surface area contributed by atoms with Crippen molar-refractivity contribution in [3.63, 3.8) is 0 Å². The van der Waals surface area contributed by atoms with Gasteiger partial charge in [0, 0.05) is 113 Å². The molecule has 12 rings (SSSR count). The van der Waals surface area contributed by atoms with E-state index in [4.69, 9.17) is 52.1 Å². The minimum Gasteiger partial charge on any atom is -0.496 e. The van der Waals surface area contributed by atoms with E-state index in [0.29, 0.717) is 140 Å². The summed E-state index contributed by atoms with van der Waals surface area (Å²) in [4.78, 5) is 155. The molecular weight excluding hydrogens is 1530 g/mol. The summed E-state index contributed by atoms with van der Waals surface area (Å²) in [6, 6.07) is 25.5. The number of hydrogen-bond acceptors (Lipinski definition) is 23. The Labute approximate surface area is 690 Å². The van der Waals surface area contributed by atoms with Crippen molar-refractivity contribution in [2.75, 3.05) is 67.6 Å². The Morgan fingerprint density at radius 3 is 0.765 bits per heavy atom. The highest BCUT2D eigenvalue weighted by Crippen LogP contribution is 2.47. The van der Waals surface area contributed by atoms with Crippen LogP contribution >= 0.6 is 0 Å². The minimum atomic E-state index is -0.639. The van der Waals surface area contributed by atoms with Crippen molar-refractivity contribution in [3.05, 3.63) is 191 Å². The lowest BCUT2D eigenvalue weighted by atomic mass is 9.92. The Hall–Kier alpha value is -13.2. The molecule has 119 heavy (non-hydrogen) atoms. The van der Waals surface area contributed by atoms with E-state index in [1.165, 1.54) is 65.6 Å². The number of rotatable bonds is 32. The molecule has 4 aliphatic rings. The first-order chi connectivity index (χ1) is 56.7. The van der Waals surface area contributed by atoms with Crippen LogP contribution in [-0.2, 0) is 33.4 Å². The largest absolute Gasteiger partial charge is 0.496 e. The summed E-state index contributed by atoms with van der Waals surface area (Å²) in [5.74, 6) is -1.52. The van der Waals surface area contributed by atoms with Gasteiger partial charge in [-0.15, -0.1) is 0 Å². The van der Waals surface area contributed by atoms with Gasteiger partial charge in [-0.05, 0) is 180 Å². The van der Waals surface area contributed by atoms with E-state index >= 15 is 0 Å². The molecule has 0 radical (unpaired) electrons. The third kappa shape index (κ3) is 19.1. The molecule has 0 unspecified atom stereocenters. The summed E-state index contributed by atoms with van der Waals surface area (Å²) in [6.45, 7) is 35.9. The maximum Gasteiger partial charge on any atom is 0.335 e. The average molecular weight is 1630 g/mol. The monoisotopic (exact) mass is 1630 g/mol. The van der Waals surface area contributed by atoms with Gasteiger partial charge in [-0.25, -0.2) is 19.2 Å². The van der Waals surface area contributed by atoms with Gasteiger partial charge in [-0.3, -0.25) is 58.0 Å². The first-order valence-electron chi connectivity index (χ1n) is 39.1. The average Bonchev–Trinajstić information content (AvgIpc) is 0.747. The SMILES string of the molecule is C=C(C)C(=O)OCCOc1ccc2c3c(ccc(OC)c13)C(=O)N(C(C)C)C2=O.C=C(C)C(=O)OCCOc1ccc2c3c(ccc(OCCOC(=O)C(=C)C)c13)C(=O)N(C(C)C)C2=O.C=CC(=O)Oc1ccc2c3c(ccc(OC)c13)C(=O)N(C(C)C)C2=O.CCCCCCCCOc1ccc2c3c(ccc(OC)c13)C(=O)N(C(C)C)C2=O. The van der Waals surface area contributed by atoms with Crippen molar-refractivity contribution in [1.82, 2.24) is 19.6 Å². The van der Waals surface area contributed by atoms with E-state index in [0.717, 1.165) is 18.9 Å². The third-order valence-electron chi connectivity index (χ3n) is 19.6. The summed E-state index contributed by atoms with van der Waals surface area (Å²) >= 11 is 0. The number of imide groups is 4. The zero-order chi connectivity index (χ0) is 87.1. The Morgan fingerprint density at radius 1 is 0.311 bits per heavy atom. The number of ether oxygens (including phenoxy) is 11. The highest BCUT2D eigenvalue weighted by molar-refractivity contribution is 6.30. The number of carbonyl (C=O) groups excluding carboxylic acids is 12. The van der Waals surface area contributed by atoms with Crippen molar-refractivity contribution >= 4 is 114 Å². The van der Waals surface area contributed by atoms with Gasteiger partial charge in [0.25, 0.3) is 47.3 Å². The fraction of sp³-hybridized carbons (Fsp3) is 0.348. The standard InChI is InChI=1S/C27H29NO8.C24H31NO4.C22H23NO6.C19H17NO5/c1-15(2)26(31)35-13-11-33-20-9-7-18-22-19(25(30)28(17(5)6)24(18)29)8-10-21(23(20)22)34-12-14-36-27(32)16(3)4;1-5-6-7-8-9-10-15-29-20-14-12-18-21-17(11-13-19(28-4)22(20)21)23(26)25(16(2)3)24(18)27;1-12(2)22(26)29-11-10-28-17-9-7-15-18-14(6-8-16(27-5)19(17)18)20(24)23(13(3)4)21(15)25;1-5-15(21)25-14-9-7-12-16-11(6-8-13(24-4)17(14)16)18(22)20(10(2)3)19(12)23/h7-10,17H,1,3,11-14H2,2,4-6H3;11-14,16H,5-10,15H2,1-4H3;6-9,13H,1,10-11H2,2-5H3;5-10H,1H2,2-4H3. The highest BCUT2D eigenvalue weighted by Gasteiger charge is 2.41. The van der Waals surface area contributed by atoms with Crippen LogP contribution in [0.15, 0.2) is 146 Å². The predicted octanol–water partition coefficient (Wildman–Crippen LogP) is 15.7. The number of amides is 8. The van der Waals surface area contributed by atoms with Crippen LogP contribution in [0.4, 0.5) is 0 Å². The predicted molar refractivity (Wildman–Crippen MR) is 446 cm³/mol. The number of nitrogens with zero attached hydrogens (tertiary/aromatic N) is 4. The molecule has 4 aliphatic heterocycles. The Balaban J connectivity index is 0.000000182. The van der Waals surface area contributed by atoms with E-state index in [9.17, 15) is 57.5 Å². The van der Waals surface area contributed by atoms with Crippen LogP contribution in [0.1, 0.15) is 204 Å². The molecule has 0 N–H and O–H groups in total. The summed E-state index contributed by atoms with van der Waals surface area (Å²) in [5, 5.41) is 4.07. The van der Waals surface area contributed by atoms with Crippen molar-refractivity contribution < 1.29 is 110 Å². The van der Waals surface area contributed by atoms with Crippen molar-refractivity contribution in [3.8, 4) is 46.0 Å². The molecule has 0 aliphatic carbocycles. The van der Waals surface area contributed by atoms with Gasteiger partial charge in [0.15, 0.2) is 0 Å². The first-order valence-corrected chi connectivity index (χ1v) is 39.1. The van der Waals surface area contributed by atoms with E-state index in [-0.39, 0.29) is 116 Å². The molecule has 8 aromatic rings. The van der Waals surface area contributed by atoms with E-state index in [1.807, 2.05) is 19.9 Å². The molecule has 8 amide bonds. The molecule has 0 fully saturated rings. The van der Waals surface area contributed by atoms with Crippen molar-refractivity contribution in [2.45, 2.75) is 146 Å². The van der Waals surface area contributed by atoms with Gasteiger partial charge < -0.3 is 52.1 Å². The Morgan fingerprint density at radius 2 is 0.529 bits per heavy atom. The van der Waals surface area contributed by atoms with Gasteiger partial charge in [0.05, 0.1) is 49.5 Å². The van der Waals surface area contributed by atoms with Gasteiger partial charge >= 0.3 is 23.9 Å². The van der Waals surface area contributed by atoms with Gasteiger partial charge in [-0.1, -0.05) is 65.3 Å². The lowest BCUT2D eigenvalue weighted by Crippen LogP contribution is -2.44. The zero-order valence-electron chi connectivity index (χ0n) is 69.8. The summed E-state index contributed by atoms with van der Waals surface area (Å²) in [6.07, 6.45) is 8.16. The van der Waals surface area contributed by atoms with E-state index in [2.05, 4.69) is 33.2 Å². The number of unbranched alkanes of at least 4 members (excludes halogenated alkanes) is 5. The van der Waals surface area contributed by atoms with E-state index in [1.54, 1.807) is 154 Å². The molecule has 626 valence electrons. The lowest BCUT2D eigenvalue weighted by Gasteiger charge is -2.31. The fourth-order valence-corrected chi connectivity index (χ4v) is 14.0. The summed E-state index contributed by atoms with van der Waals surface area (Å²) < 4.78 is 60.4. The second-order valence-electron chi connectivity index (χ2n) is 29.3. The minimum absolute atomic E-state index is 0.0212. The second-order valence-corrected chi connectivity index (χ2v) is 29.3. The molecule has 0 aromatic heterocycles. The third-order valence-corrected chi connectivity index (χ3v) is 19.6. The van der Waals surface area contributed by atoms with Crippen molar-refractivity contribution in [1.29, 1.82) is 0 Å². The zero-order valence-corrected chi connectivity index (χ0v) is 69.8. The molecule has 0 saturated heterocycles. The van der Waals surface area contributed by atoms with Gasteiger partial charge in [0.2, 0.25) is 0 Å². The number of methoxy groups -OCH3 is 3. The number of esters is 4. The lowest BCUT2D eigenvalue weighted by molar-refractivity contribution is -0.140. The second kappa shape index (κ2) is 39.6. The van der Waals surface area contributed by atoms with Gasteiger partial charge in [-0.2, -0.15) is 0 Å². The van der Waals surface area contributed by atoms with Crippen molar-refractivity contribution in [2.24, 2.45) is 0 Å². The van der Waals surface area contributed by atoms with Crippen LogP contribution in [0.5, 0.6) is 46.0 Å². The fourth-order valence-electron chi connectivity index (χ4n) is 14.0. The Kier molecular flexibility index (Phi) is 29.9. The maximum absolute atomic E-state index is 13.2. The van der Waals surface area contributed by atoms with Crippen LogP contribution in [0.3, 0.4) is 0 Å². The van der Waals surface area contributed by atoms with Crippen LogP contribution in [0.2, 0.25) is 0 Å². The number of benzene rings is 8. The molecular formula is C92H100N4O23. The molecule has 0 spiro atoms. The van der Waals surface area contributed by atoms with Crippen LogP contribution in [0.25, 0.3) is 43.1 Å². The van der Waals surface area contributed by atoms with Crippen LogP contribution < -0.4 is 37.9 Å². The molecule has 0 atom stereocenters. The van der Waals surface area contributed by atoms with Gasteiger partial charge in [0.1, 0.15) is 85.6 Å². The molecule has 27 heteroatoms. The molecule has 4 heterocycles. The van der Waals surface area contributed by atoms with Crippen LogP contribution in [0, 0.1) is 0 Å². The normalized spacial score (nSPS) is 13.1. The number of carbonyl (C=O) groups is 12. The molecule has 0 saturated carbocycles. The Bertz CT molecular complexity index is 5280.